The molecular weight excluding hydrogens is 212 g/mol. The minimum absolute atomic E-state index is 0.534. The zero-order valence-electron chi connectivity index (χ0n) is 8.99. The lowest BCUT2D eigenvalue weighted by molar-refractivity contribution is 0.221. The maximum absolute atomic E-state index is 3.46. The highest BCUT2D eigenvalue weighted by Crippen LogP contribution is 2.31. The van der Waals surface area contributed by atoms with Gasteiger partial charge in [-0.05, 0) is 24.2 Å². The highest BCUT2D eigenvalue weighted by Gasteiger charge is 2.20. The molecule has 0 bridgehead atoms. The fraction of sp³-hybridized carbons (Fsp3) is 1.00. The van der Waals surface area contributed by atoms with Gasteiger partial charge in [0.05, 0.1) is 0 Å². The molecule has 0 heterocycles. The molecule has 0 unspecified atom stereocenters. The first-order chi connectivity index (χ1) is 5.50. The van der Waals surface area contributed by atoms with Crippen LogP contribution in [0.5, 0.6) is 0 Å². The van der Waals surface area contributed by atoms with Crippen molar-refractivity contribution in [2.75, 3.05) is 5.33 Å². The number of unbranched alkanes of at least 4 members (excludes halogenated alkanes) is 2. The molecule has 0 aromatic rings. The van der Waals surface area contributed by atoms with Crippen LogP contribution in [-0.2, 0) is 0 Å². The molecule has 0 nitrogen and oxygen atoms in total. The van der Waals surface area contributed by atoms with E-state index >= 15 is 0 Å². The van der Waals surface area contributed by atoms with Crippen molar-refractivity contribution >= 4 is 15.9 Å². The lowest BCUT2D eigenvalue weighted by Crippen LogP contribution is -2.18. The number of rotatable bonds is 6. The smallest absolute Gasteiger partial charge is 0.00313 e. The molecule has 0 spiro atoms. The van der Waals surface area contributed by atoms with Gasteiger partial charge in [-0.2, -0.15) is 0 Å². The van der Waals surface area contributed by atoms with Crippen LogP contribution in [0, 0.1) is 11.3 Å². The van der Waals surface area contributed by atoms with Gasteiger partial charge in [-0.3, -0.25) is 0 Å². The van der Waals surface area contributed by atoms with E-state index in [2.05, 4.69) is 43.6 Å². The first-order valence-corrected chi connectivity index (χ1v) is 6.19. The van der Waals surface area contributed by atoms with Crippen LogP contribution in [-0.4, -0.2) is 5.33 Å². The molecule has 0 aliphatic rings. The van der Waals surface area contributed by atoms with E-state index < -0.39 is 0 Å². The third-order valence-corrected chi connectivity index (χ3v) is 3.58. The summed E-state index contributed by atoms with van der Waals surface area (Å²) in [5.41, 5.74) is 0.534. The van der Waals surface area contributed by atoms with Crippen molar-refractivity contribution in [3.63, 3.8) is 0 Å². The van der Waals surface area contributed by atoms with Gasteiger partial charge in [0.1, 0.15) is 0 Å². The Labute approximate surface area is 86.3 Å². The predicted octanol–water partition coefficient (Wildman–Crippen LogP) is 4.62. The zero-order valence-corrected chi connectivity index (χ0v) is 10.6. The third-order valence-electron chi connectivity index (χ3n) is 3.02. The molecule has 0 atom stereocenters. The van der Waals surface area contributed by atoms with E-state index in [4.69, 9.17) is 0 Å². The fourth-order valence-corrected chi connectivity index (χ4v) is 1.54. The van der Waals surface area contributed by atoms with Crippen molar-refractivity contribution in [3.8, 4) is 0 Å². The molecular formula is C11H23Br. The van der Waals surface area contributed by atoms with E-state index in [1.54, 1.807) is 0 Å². The van der Waals surface area contributed by atoms with Crippen LogP contribution in [0.4, 0.5) is 0 Å². The molecule has 0 aliphatic carbocycles. The summed E-state index contributed by atoms with van der Waals surface area (Å²) in [4.78, 5) is 0. The standard InChI is InChI=1S/C11H23Br/c1-10(2)11(3,4)8-6-5-7-9-12/h10H,5-9H2,1-4H3. The van der Waals surface area contributed by atoms with Crippen molar-refractivity contribution in [3.05, 3.63) is 0 Å². The molecule has 0 aromatic carbocycles. The second kappa shape index (κ2) is 6.01. The van der Waals surface area contributed by atoms with Crippen LogP contribution in [0.15, 0.2) is 0 Å². The normalized spacial score (nSPS) is 12.5. The fourth-order valence-electron chi connectivity index (χ4n) is 1.14. The van der Waals surface area contributed by atoms with Gasteiger partial charge in [0, 0.05) is 5.33 Å². The predicted molar refractivity (Wildman–Crippen MR) is 60.9 cm³/mol. The molecule has 0 rings (SSSR count). The summed E-state index contributed by atoms with van der Waals surface area (Å²) < 4.78 is 0. The lowest BCUT2D eigenvalue weighted by atomic mass is 9.77. The number of halogens is 1. The van der Waals surface area contributed by atoms with E-state index in [9.17, 15) is 0 Å². The SMILES string of the molecule is CC(C)C(C)(C)CCCCCBr. The highest BCUT2D eigenvalue weighted by molar-refractivity contribution is 9.09. The summed E-state index contributed by atoms with van der Waals surface area (Å²) in [7, 11) is 0. The largest absolute Gasteiger partial charge is 0.0928 e. The van der Waals surface area contributed by atoms with Gasteiger partial charge in [-0.25, -0.2) is 0 Å². The van der Waals surface area contributed by atoms with Crippen LogP contribution < -0.4 is 0 Å². The number of hydrogen-bond donors (Lipinski definition) is 0. The molecule has 0 saturated carbocycles. The highest BCUT2D eigenvalue weighted by atomic mass is 79.9. The van der Waals surface area contributed by atoms with Crippen LogP contribution >= 0.6 is 15.9 Å². The minimum atomic E-state index is 0.534. The van der Waals surface area contributed by atoms with Gasteiger partial charge in [0.2, 0.25) is 0 Å². The Bertz CT molecular complexity index is 106. The Morgan fingerprint density at radius 2 is 1.67 bits per heavy atom. The molecule has 74 valence electrons. The van der Waals surface area contributed by atoms with Crippen molar-refractivity contribution in [2.24, 2.45) is 11.3 Å². The van der Waals surface area contributed by atoms with Gasteiger partial charge >= 0.3 is 0 Å². The Kier molecular flexibility index (Phi) is 6.25. The lowest BCUT2D eigenvalue weighted by Gasteiger charge is -2.29. The van der Waals surface area contributed by atoms with Crippen molar-refractivity contribution in [1.29, 1.82) is 0 Å². The molecule has 0 N–H and O–H groups in total. The summed E-state index contributed by atoms with van der Waals surface area (Å²) in [6.45, 7) is 9.41. The molecule has 0 amide bonds. The third kappa shape index (κ3) is 5.18. The summed E-state index contributed by atoms with van der Waals surface area (Å²) in [6, 6.07) is 0. The number of hydrogen-bond acceptors (Lipinski definition) is 0. The van der Waals surface area contributed by atoms with Gasteiger partial charge in [-0.1, -0.05) is 56.5 Å². The molecule has 12 heavy (non-hydrogen) atoms. The average molecular weight is 235 g/mol. The summed E-state index contributed by atoms with van der Waals surface area (Å²) >= 11 is 3.46. The Morgan fingerprint density at radius 3 is 2.08 bits per heavy atom. The quantitative estimate of drug-likeness (QED) is 0.465. The van der Waals surface area contributed by atoms with Gasteiger partial charge in [0.15, 0.2) is 0 Å². The van der Waals surface area contributed by atoms with E-state index in [0.717, 1.165) is 11.2 Å². The van der Waals surface area contributed by atoms with E-state index in [0.29, 0.717) is 5.41 Å². The topological polar surface area (TPSA) is 0 Å². The first-order valence-electron chi connectivity index (χ1n) is 5.06. The molecule has 0 radical (unpaired) electrons. The molecule has 0 saturated heterocycles. The van der Waals surface area contributed by atoms with Gasteiger partial charge < -0.3 is 0 Å². The van der Waals surface area contributed by atoms with Crippen LogP contribution in [0.1, 0.15) is 53.4 Å². The Hall–Kier alpha value is 0.480. The van der Waals surface area contributed by atoms with E-state index in [-0.39, 0.29) is 0 Å². The van der Waals surface area contributed by atoms with Crippen molar-refractivity contribution in [1.82, 2.24) is 0 Å². The molecule has 0 aromatic heterocycles. The molecule has 0 fully saturated rings. The molecule has 0 aliphatic heterocycles. The molecule has 1 heteroatoms. The van der Waals surface area contributed by atoms with Gasteiger partial charge in [0.25, 0.3) is 0 Å². The minimum Gasteiger partial charge on any atom is -0.0928 e. The summed E-state index contributed by atoms with van der Waals surface area (Å²) in [5, 5.41) is 1.16. The van der Waals surface area contributed by atoms with Crippen molar-refractivity contribution < 1.29 is 0 Å². The first kappa shape index (κ1) is 12.5. The monoisotopic (exact) mass is 234 g/mol. The Balaban J connectivity index is 3.47. The van der Waals surface area contributed by atoms with Crippen LogP contribution in [0.25, 0.3) is 0 Å². The number of alkyl halides is 1. The summed E-state index contributed by atoms with van der Waals surface area (Å²) in [5.74, 6) is 0.807. The second-order valence-corrected chi connectivity index (χ2v) is 5.44. The van der Waals surface area contributed by atoms with Crippen molar-refractivity contribution in [2.45, 2.75) is 53.4 Å². The second-order valence-electron chi connectivity index (χ2n) is 4.64. The average Bonchev–Trinajstić information content (AvgIpc) is 1.98. The zero-order chi connectivity index (χ0) is 9.61. The van der Waals surface area contributed by atoms with Crippen LogP contribution in [0.2, 0.25) is 0 Å². The van der Waals surface area contributed by atoms with Gasteiger partial charge in [-0.15, -0.1) is 0 Å². The van der Waals surface area contributed by atoms with E-state index in [1.165, 1.54) is 25.7 Å². The Morgan fingerprint density at radius 1 is 1.08 bits per heavy atom. The maximum Gasteiger partial charge on any atom is 0.00313 e. The summed E-state index contributed by atoms with van der Waals surface area (Å²) in [6.07, 6.45) is 5.46. The maximum atomic E-state index is 3.46. The van der Waals surface area contributed by atoms with Crippen LogP contribution in [0.3, 0.4) is 0 Å². The van der Waals surface area contributed by atoms with E-state index in [1.807, 2.05) is 0 Å².